The number of hydrogen-bond donors (Lipinski definition) is 1. The molecule has 2 nitrogen and oxygen atoms in total. The van der Waals surface area contributed by atoms with Gasteiger partial charge in [-0.1, -0.05) is 58.3 Å². The largest absolute Gasteiger partial charge is 0.381 e. The maximum atomic E-state index is 5.88. The monoisotopic (exact) mass is 241 g/mol. The molecule has 0 saturated carbocycles. The molecule has 0 aromatic rings. The van der Waals surface area contributed by atoms with Gasteiger partial charge in [0.15, 0.2) is 0 Å². The van der Waals surface area contributed by atoms with Crippen molar-refractivity contribution in [3.63, 3.8) is 0 Å². The van der Waals surface area contributed by atoms with Crippen LogP contribution in [0.2, 0.25) is 0 Å². The Morgan fingerprint density at radius 1 is 1.00 bits per heavy atom. The normalized spacial score (nSPS) is 24.4. The smallest absolute Gasteiger partial charge is 0.0535 e. The molecule has 102 valence electrons. The number of nitrogens with two attached hydrogens (primary N) is 1. The van der Waals surface area contributed by atoms with Crippen molar-refractivity contribution >= 4 is 0 Å². The lowest BCUT2D eigenvalue weighted by molar-refractivity contribution is 0.147. The van der Waals surface area contributed by atoms with Gasteiger partial charge in [0.25, 0.3) is 0 Å². The summed E-state index contributed by atoms with van der Waals surface area (Å²) in [4.78, 5) is 0. The standard InChI is InChI=1S/C15H31NO/c1-2-3-4-5-6-7-8-9-10-15(13-16)11-12-17-14-15/h2-14,16H2,1H3. The van der Waals surface area contributed by atoms with Gasteiger partial charge in [-0.15, -0.1) is 0 Å². The molecule has 0 radical (unpaired) electrons. The quantitative estimate of drug-likeness (QED) is 0.589. The number of ether oxygens (including phenoxy) is 1. The first-order chi connectivity index (χ1) is 8.33. The Morgan fingerprint density at radius 2 is 1.65 bits per heavy atom. The maximum Gasteiger partial charge on any atom is 0.0535 e. The fourth-order valence-corrected chi connectivity index (χ4v) is 2.74. The van der Waals surface area contributed by atoms with E-state index in [0.717, 1.165) is 19.8 Å². The van der Waals surface area contributed by atoms with Crippen molar-refractivity contribution in [2.75, 3.05) is 19.8 Å². The summed E-state index contributed by atoms with van der Waals surface area (Å²) in [5.74, 6) is 0. The SMILES string of the molecule is CCCCCCCCCCC1(CN)CCOC1. The molecule has 1 aliphatic rings. The molecule has 0 spiro atoms. The van der Waals surface area contributed by atoms with E-state index < -0.39 is 0 Å². The number of unbranched alkanes of at least 4 members (excludes halogenated alkanes) is 7. The molecule has 0 amide bonds. The highest BCUT2D eigenvalue weighted by Crippen LogP contribution is 2.33. The second-order valence-electron chi connectivity index (χ2n) is 5.73. The third-order valence-corrected chi connectivity index (χ3v) is 4.18. The van der Waals surface area contributed by atoms with Crippen molar-refractivity contribution < 1.29 is 4.74 Å². The average molecular weight is 241 g/mol. The fraction of sp³-hybridized carbons (Fsp3) is 1.00. The Labute approximate surface area is 107 Å². The van der Waals surface area contributed by atoms with E-state index in [0.29, 0.717) is 5.41 Å². The van der Waals surface area contributed by atoms with Gasteiger partial charge in [0.1, 0.15) is 0 Å². The van der Waals surface area contributed by atoms with Crippen molar-refractivity contribution in [3.05, 3.63) is 0 Å². The van der Waals surface area contributed by atoms with Gasteiger partial charge in [-0.25, -0.2) is 0 Å². The molecule has 1 unspecified atom stereocenters. The van der Waals surface area contributed by atoms with Crippen LogP contribution in [0.1, 0.15) is 71.1 Å². The van der Waals surface area contributed by atoms with Crippen LogP contribution in [0.5, 0.6) is 0 Å². The van der Waals surface area contributed by atoms with Crippen LogP contribution in [0.3, 0.4) is 0 Å². The van der Waals surface area contributed by atoms with Crippen LogP contribution in [-0.4, -0.2) is 19.8 Å². The van der Waals surface area contributed by atoms with E-state index in [9.17, 15) is 0 Å². The van der Waals surface area contributed by atoms with Crippen LogP contribution in [0.15, 0.2) is 0 Å². The van der Waals surface area contributed by atoms with E-state index in [1.807, 2.05) is 0 Å². The summed E-state index contributed by atoms with van der Waals surface area (Å²) >= 11 is 0. The minimum Gasteiger partial charge on any atom is -0.381 e. The molecule has 1 atom stereocenters. The summed E-state index contributed by atoms with van der Waals surface area (Å²) in [6, 6.07) is 0. The highest BCUT2D eigenvalue weighted by molar-refractivity contribution is 4.83. The predicted octanol–water partition coefficient (Wildman–Crippen LogP) is 3.88. The summed E-state index contributed by atoms with van der Waals surface area (Å²) < 4.78 is 5.49. The van der Waals surface area contributed by atoms with Gasteiger partial charge in [0.05, 0.1) is 6.61 Å². The van der Waals surface area contributed by atoms with Crippen molar-refractivity contribution in [3.8, 4) is 0 Å². The summed E-state index contributed by atoms with van der Waals surface area (Å²) in [5, 5.41) is 0. The zero-order valence-electron chi connectivity index (χ0n) is 11.7. The molecule has 0 aliphatic carbocycles. The summed E-state index contributed by atoms with van der Waals surface area (Å²) in [5.41, 5.74) is 6.22. The Hall–Kier alpha value is -0.0800. The minimum absolute atomic E-state index is 0.336. The van der Waals surface area contributed by atoms with Crippen LogP contribution < -0.4 is 5.73 Å². The van der Waals surface area contributed by atoms with Gasteiger partial charge >= 0.3 is 0 Å². The van der Waals surface area contributed by atoms with Gasteiger partial charge in [-0.2, -0.15) is 0 Å². The van der Waals surface area contributed by atoms with E-state index in [1.54, 1.807) is 0 Å². The summed E-state index contributed by atoms with van der Waals surface area (Å²) in [6.07, 6.45) is 13.6. The van der Waals surface area contributed by atoms with Crippen LogP contribution >= 0.6 is 0 Å². The zero-order chi connectivity index (χ0) is 12.4. The second kappa shape index (κ2) is 8.93. The van der Waals surface area contributed by atoms with E-state index in [-0.39, 0.29) is 0 Å². The Morgan fingerprint density at radius 3 is 2.18 bits per heavy atom. The number of hydrogen-bond acceptors (Lipinski definition) is 2. The molecule has 0 bridgehead atoms. The van der Waals surface area contributed by atoms with Gasteiger partial charge in [-0.05, 0) is 12.8 Å². The molecule has 1 fully saturated rings. The van der Waals surface area contributed by atoms with Gasteiger partial charge in [0.2, 0.25) is 0 Å². The lowest BCUT2D eigenvalue weighted by Crippen LogP contribution is -2.30. The van der Waals surface area contributed by atoms with E-state index in [4.69, 9.17) is 10.5 Å². The first-order valence-electron chi connectivity index (χ1n) is 7.61. The van der Waals surface area contributed by atoms with Crippen molar-refractivity contribution in [2.45, 2.75) is 71.1 Å². The fourth-order valence-electron chi connectivity index (χ4n) is 2.74. The molecule has 0 aromatic carbocycles. The van der Waals surface area contributed by atoms with Crippen molar-refractivity contribution in [1.29, 1.82) is 0 Å². The first-order valence-corrected chi connectivity index (χ1v) is 7.61. The predicted molar refractivity (Wildman–Crippen MR) is 74.2 cm³/mol. The molecule has 1 heterocycles. The zero-order valence-corrected chi connectivity index (χ0v) is 11.7. The van der Waals surface area contributed by atoms with E-state index in [2.05, 4.69) is 6.92 Å². The van der Waals surface area contributed by atoms with Gasteiger partial charge in [-0.3, -0.25) is 0 Å². The Kier molecular flexibility index (Phi) is 7.87. The van der Waals surface area contributed by atoms with Gasteiger partial charge < -0.3 is 10.5 Å². The van der Waals surface area contributed by atoms with Crippen LogP contribution in [0.25, 0.3) is 0 Å². The molecule has 1 saturated heterocycles. The Bertz CT molecular complexity index is 176. The third-order valence-electron chi connectivity index (χ3n) is 4.18. The van der Waals surface area contributed by atoms with Crippen LogP contribution in [0.4, 0.5) is 0 Å². The maximum absolute atomic E-state index is 5.88. The molecule has 2 heteroatoms. The highest BCUT2D eigenvalue weighted by atomic mass is 16.5. The summed E-state index contributed by atoms with van der Waals surface area (Å²) in [6.45, 7) is 4.91. The van der Waals surface area contributed by atoms with E-state index in [1.165, 1.54) is 64.2 Å². The lowest BCUT2D eigenvalue weighted by atomic mass is 9.82. The average Bonchev–Trinajstić information content (AvgIpc) is 2.82. The second-order valence-corrected chi connectivity index (χ2v) is 5.73. The number of rotatable bonds is 10. The third kappa shape index (κ3) is 5.87. The van der Waals surface area contributed by atoms with Crippen LogP contribution in [-0.2, 0) is 4.74 Å². The first kappa shape index (κ1) is 15.0. The summed E-state index contributed by atoms with van der Waals surface area (Å²) in [7, 11) is 0. The Balaban J connectivity index is 1.92. The van der Waals surface area contributed by atoms with E-state index >= 15 is 0 Å². The molecule has 1 aliphatic heterocycles. The van der Waals surface area contributed by atoms with Crippen molar-refractivity contribution in [2.24, 2.45) is 11.1 Å². The van der Waals surface area contributed by atoms with Crippen molar-refractivity contribution in [1.82, 2.24) is 0 Å². The minimum atomic E-state index is 0.336. The molecule has 1 rings (SSSR count). The molecule has 17 heavy (non-hydrogen) atoms. The topological polar surface area (TPSA) is 35.2 Å². The van der Waals surface area contributed by atoms with Crippen LogP contribution in [0, 0.1) is 5.41 Å². The molecule has 2 N–H and O–H groups in total. The van der Waals surface area contributed by atoms with Gasteiger partial charge in [0, 0.05) is 18.6 Å². The molecule has 0 aromatic heterocycles. The lowest BCUT2D eigenvalue weighted by Gasteiger charge is -2.25. The molecular formula is C15H31NO. The highest BCUT2D eigenvalue weighted by Gasteiger charge is 2.32. The molecular weight excluding hydrogens is 210 g/mol.